The Balaban J connectivity index is 1.53. The van der Waals surface area contributed by atoms with Crippen LogP contribution in [0, 0.1) is 11.8 Å². The number of rotatable bonds is 26. The minimum absolute atomic E-state index is 0.569. The Morgan fingerprint density at radius 1 is 0.487 bits per heavy atom. The first-order valence-corrected chi connectivity index (χ1v) is 19.3. The third-order valence-electron chi connectivity index (χ3n) is 9.57. The van der Waals surface area contributed by atoms with Crippen LogP contribution in [0.3, 0.4) is 0 Å². The van der Waals surface area contributed by atoms with E-state index in [0.717, 1.165) is 25.0 Å². The molecule has 0 amide bonds. The van der Waals surface area contributed by atoms with Gasteiger partial charge in [0.1, 0.15) is 0 Å². The molecule has 0 radical (unpaired) electrons. The van der Waals surface area contributed by atoms with Gasteiger partial charge in [0.2, 0.25) is 0 Å². The Kier molecular flexibility index (Phi) is 23.6. The van der Waals surface area contributed by atoms with Crippen molar-refractivity contribution in [2.24, 2.45) is 11.8 Å². The zero-order chi connectivity index (χ0) is 27.6. The predicted molar refractivity (Wildman–Crippen MR) is 175 cm³/mol. The van der Waals surface area contributed by atoms with Gasteiger partial charge in [-0.15, -0.1) is 0 Å². The summed E-state index contributed by atoms with van der Waals surface area (Å²) in [5, 5.41) is 0. The summed E-state index contributed by atoms with van der Waals surface area (Å²) >= 11 is 2.22. The van der Waals surface area contributed by atoms with Crippen molar-refractivity contribution in [2.45, 2.75) is 193 Å². The summed E-state index contributed by atoms with van der Waals surface area (Å²) in [7, 11) is 0. The second-order valence-corrected chi connectivity index (χ2v) is 14.3. The van der Waals surface area contributed by atoms with Crippen molar-refractivity contribution in [1.29, 1.82) is 0 Å². The van der Waals surface area contributed by atoms with Gasteiger partial charge in [-0.05, 0) is 100 Å². The molecular weight excluding hydrogens is 496 g/mol. The number of hydrogen-bond acceptors (Lipinski definition) is 3. The highest BCUT2D eigenvalue weighted by Crippen LogP contribution is 2.30. The van der Waals surface area contributed by atoms with Gasteiger partial charge in [0.15, 0.2) is 0 Å². The fraction of sp³-hybridized carbons (Fsp3) is 1.00. The first-order chi connectivity index (χ1) is 19.3. The lowest BCUT2D eigenvalue weighted by Gasteiger charge is -2.31. The van der Waals surface area contributed by atoms with E-state index in [0.29, 0.717) is 12.2 Å². The molecule has 2 nitrogen and oxygen atoms in total. The third kappa shape index (κ3) is 18.4. The molecule has 232 valence electrons. The normalized spacial score (nSPS) is 21.7. The van der Waals surface area contributed by atoms with Crippen molar-refractivity contribution in [3.8, 4) is 0 Å². The summed E-state index contributed by atoms with van der Waals surface area (Å²) in [5.74, 6) is 4.38. The van der Waals surface area contributed by atoms with Gasteiger partial charge in [-0.25, -0.2) is 0 Å². The van der Waals surface area contributed by atoms with E-state index in [4.69, 9.17) is 9.47 Å². The quantitative estimate of drug-likeness (QED) is 0.0970. The van der Waals surface area contributed by atoms with E-state index in [-0.39, 0.29) is 0 Å². The maximum absolute atomic E-state index is 6.25. The molecule has 39 heavy (non-hydrogen) atoms. The lowest BCUT2D eigenvalue weighted by molar-refractivity contribution is -0.0265. The van der Waals surface area contributed by atoms with Crippen LogP contribution in [-0.4, -0.2) is 36.9 Å². The minimum Gasteiger partial charge on any atom is -0.378 e. The van der Waals surface area contributed by atoms with E-state index in [1.165, 1.54) is 178 Å². The van der Waals surface area contributed by atoms with Gasteiger partial charge in [-0.1, -0.05) is 104 Å². The minimum atomic E-state index is 0.569. The predicted octanol–water partition coefficient (Wildman–Crippen LogP) is 11.9. The molecule has 2 aliphatic heterocycles. The van der Waals surface area contributed by atoms with E-state index >= 15 is 0 Å². The molecule has 0 saturated carbocycles. The maximum atomic E-state index is 6.25. The third-order valence-corrected chi connectivity index (χ3v) is 10.7. The molecule has 3 heteroatoms. The summed E-state index contributed by atoms with van der Waals surface area (Å²) in [6.45, 7) is 6.66. The molecule has 4 unspecified atom stereocenters. The monoisotopic (exact) mass is 567 g/mol. The average Bonchev–Trinajstić information content (AvgIpc) is 2.98. The van der Waals surface area contributed by atoms with Crippen LogP contribution in [0.2, 0.25) is 0 Å². The van der Waals surface area contributed by atoms with E-state index in [1.54, 1.807) is 0 Å². The first-order valence-electron chi connectivity index (χ1n) is 18.2. The van der Waals surface area contributed by atoms with Crippen LogP contribution in [0.15, 0.2) is 0 Å². The van der Waals surface area contributed by atoms with Gasteiger partial charge in [0, 0.05) is 13.2 Å². The lowest BCUT2D eigenvalue weighted by atomic mass is 9.87. The van der Waals surface area contributed by atoms with Crippen LogP contribution < -0.4 is 0 Å². The Bertz CT molecular complexity index is 456. The fourth-order valence-corrected chi connectivity index (χ4v) is 8.02. The van der Waals surface area contributed by atoms with Gasteiger partial charge in [0.05, 0.1) is 12.2 Å². The number of unbranched alkanes of at least 4 members (excludes halogenated alkanes) is 12. The Hall–Kier alpha value is 0.270. The summed E-state index contributed by atoms with van der Waals surface area (Å²) in [4.78, 5) is 0. The van der Waals surface area contributed by atoms with Crippen molar-refractivity contribution in [2.75, 3.05) is 24.7 Å². The van der Waals surface area contributed by atoms with Crippen LogP contribution in [0.5, 0.6) is 0 Å². The van der Waals surface area contributed by atoms with Gasteiger partial charge < -0.3 is 9.47 Å². The number of ether oxygens (including phenoxy) is 2. The molecule has 2 heterocycles. The van der Waals surface area contributed by atoms with Crippen molar-refractivity contribution in [3.05, 3.63) is 0 Å². The maximum Gasteiger partial charge on any atom is 0.0603 e. The molecule has 0 aromatic heterocycles. The SMILES string of the molecule is CCCCCCCCC(CCCCSCCCCC(CCCCCCCC)C1CCCCO1)C1CCCCO1. The lowest BCUT2D eigenvalue weighted by Crippen LogP contribution is -2.28. The first kappa shape index (κ1) is 35.5. The molecule has 0 bridgehead atoms. The molecule has 0 aromatic rings. The topological polar surface area (TPSA) is 18.5 Å². The van der Waals surface area contributed by atoms with Crippen LogP contribution in [0.4, 0.5) is 0 Å². The average molecular weight is 567 g/mol. The van der Waals surface area contributed by atoms with Crippen molar-refractivity contribution in [1.82, 2.24) is 0 Å². The fourth-order valence-electron chi connectivity index (χ4n) is 7.00. The largest absolute Gasteiger partial charge is 0.378 e. The Morgan fingerprint density at radius 3 is 1.26 bits per heavy atom. The second-order valence-electron chi connectivity index (χ2n) is 13.0. The van der Waals surface area contributed by atoms with Crippen LogP contribution in [-0.2, 0) is 9.47 Å². The Morgan fingerprint density at radius 2 is 0.872 bits per heavy atom. The van der Waals surface area contributed by atoms with E-state index in [2.05, 4.69) is 25.6 Å². The van der Waals surface area contributed by atoms with Crippen molar-refractivity contribution < 1.29 is 9.47 Å². The molecule has 2 saturated heterocycles. The summed E-state index contributed by atoms with van der Waals surface area (Å²) in [5.41, 5.74) is 0. The molecule has 2 fully saturated rings. The molecule has 0 aliphatic carbocycles. The van der Waals surface area contributed by atoms with Gasteiger partial charge >= 0.3 is 0 Å². The van der Waals surface area contributed by atoms with E-state index in [1.807, 2.05) is 0 Å². The highest BCUT2D eigenvalue weighted by atomic mass is 32.2. The molecule has 0 spiro atoms. The second kappa shape index (κ2) is 25.9. The molecular formula is C36H70O2S. The Labute approximate surface area is 250 Å². The molecule has 0 N–H and O–H groups in total. The van der Waals surface area contributed by atoms with E-state index in [9.17, 15) is 0 Å². The van der Waals surface area contributed by atoms with Crippen molar-refractivity contribution in [3.63, 3.8) is 0 Å². The highest BCUT2D eigenvalue weighted by Gasteiger charge is 2.25. The molecule has 0 aromatic carbocycles. The summed E-state index contributed by atoms with van der Waals surface area (Å²) < 4.78 is 12.5. The van der Waals surface area contributed by atoms with Crippen LogP contribution in [0.25, 0.3) is 0 Å². The van der Waals surface area contributed by atoms with Gasteiger partial charge in [-0.3, -0.25) is 0 Å². The van der Waals surface area contributed by atoms with Gasteiger partial charge in [-0.2, -0.15) is 11.8 Å². The van der Waals surface area contributed by atoms with Crippen molar-refractivity contribution >= 4 is 11.8 Å². The standard InChI is InChI=1S/C36H70O2S/c1-3-5-7-9-11-13-23-33(35-27-15-19-29-37-35)25-17-21-31-39-32-22-18-26-34(36-28-16-20-30-38-36)24-14-12-10-8-6-4-2/h33-36H,3-32H2,1-2H3. The zero-order valence-electron chi connectivity index (χ0n) is 26.7. The summed E-state index contributed by atoms with van der Waals surface area (Å²) in [6.07, 6.45) is 37.4. The van der Waals surface area contributed by atoms with Crippen LogP contribution in [0.1, 0.15) is 181 Å². The van der Waals surface area contributed by atoms with Crippen LogP contribution >= 0.6 is 11.8 Å². The number of thioether (sulfide) groups is 1. The highest BCUT2D eigenvalue weighted by molar-refractivity contribution is 7.99. The number of hydrogen-bond donors (Lipinski definition) is 0. The molecule has 2 rings (SSSR count). The zero-order valence-corrected chi connectivity index (χ0v) is 27.6. The molecule has 4 atom stereocenters. The smallest absolute Gasteiger partial charge is 0.0603 e. The molecule has 2 aliphatic rings. The van der Waals surface area contributed by atoms with Gasteiger partial charge in [0.25, 0.3) is 0 Å². The van der Waals surface area contributed by atoms with E-state index < -0.39 is 0 Å². The summed E-state index contributed by atoms with van der Waals surface area (Å²) in [6, 6.07) is 0.